The van der Waals surface area contributed by atoms with Gasteiger partial charge in [0.05, 0.1) is 15.9 Å². The van der Waals surface area contributed by atoms with Gasteiger partial charge >= 0.3 is 0 Å². The first-order chi connectivity index (χ1) is 9.52. The summed E-state index contributed by atoms with van der Waals surface area (Å²) < 4.78 is 0. The Kier molecular flexibility index (Phi) is 4.81. The summed E-state index contributed by atoms with van der Waals surface area (Å²) in [6.45, 7) is 4.81. The number of likely N-dealkylation sites (tertiary alicyclic amines) is 1. The number of hydrogen-bond donors (Lipinski definition) is 2. The first-order valence-electron chi connectivity index (χ1n) is 6.70. The number of thiophene rings is 1. The maximum absolute atomic E-state index is 12.4. The zero-order valence-corrected chi connectivity index (χ0v) is 12.5. The second-order valence-electron chi connectivity index (χ2n) is 5.17. The van der Waals surface area contributed by atoms with E-state index in [9.17, 15) is 9.90 Å². The van der Waals surface area contributed by atoms with E-state index in [1.165, 1.54) is 11.3 Å². The summed E-state index contributed by atoms with van der Waals surface area (Å²) in [5.41, 5.74) is 0.949. The summed E-state index contributed by atoms with van der Waals surface area (Å²) in [5.74, 6) is 5.66. The smallest absolute Gasteiger partial charge is 0.264 e. The summed E-state index contributed by atoms with van der Waals surface area (Å²) in [6, 6.07) is 1.83. The topological polar surface area (TPSA) is 60.8 Å². The molecule has 0 saturated carbocycles. The van der Waals surface area contributed by atoms with Crippen LogP contribution in [0.1, 0.15) is 33.5 Å². The molecule has 0 radical (unpaired) electrons. The van der Waals surface area contributed by atoms with Crippen molar-refractivity contribution in [3.8, 4) is 11.8 Å². The zero-order chi connectivity index (χ0) is 14.7. The van der Waals surface area contributed by atoms with E-state index >= 15 is 0 Å². The molecule has 1 fully saturated rings. The minimum Gasteiger partial charge on any atom is -0.391 e. The zero-order valence-electron chi connectivity index (χ0n) is 11.7. The van der Waals surface area contributed by atoms with Gasteiger partial charge in [-0.15, -0.1) is 11.3 Å². The van der Waals surface area contributed by atoms with Crippen LogP contribution < -0.4 is 0 Å². The van der Waals surface area contributed by atoms with Gasteiger partial charge in [-0.05, 0) is 30.9 Å². The van der Waals surface area contributed by atoms with Gasteiger partial charge in [-0.3, -0.25) is 4.79 Å². The van der Waals surface area contributed by atoms with Crippen molar-refractivity contribution in [2.75, 3.05) is 19.7 Å². The van der Waals surface area contributed by atoms with E-state index in [1.807, 2.05) is 19.9 Å². The molecule has 5 heteroatoms. The molecule has 4 nitrogen and oxygen atoms in total. The van der Waals surface area contributed by atoms with Crippen molar-refractivity contribution in [3.05, 3.63) is 21.4 Å². The maximum Gasteiger partial charge on any atom is 0.264 e. The average molecular weight is 293 g/mol. The molecular formula is C15H19NO3S. The SMILES string of the molecule is Cc1cc(C(=O)N2CCC(C)C(O)C2)sc1C#CCO. The minimum atomic E-state index is -0.442. The number of amides is 1. The molecule has 1 aromatic heterocycles. The first-order valence-corrected chi connectivity index (χ1v) is 7.52. The third-order valence-electron chi connectivity index (χ3n) is 3.62. The van der Waals surface area contributed by atoms with Crippen molar-refractivity contribution < 1.29 is 15.0 Å². The Balaban J connectivity index is 2.13. The first kappa shape index (κ1) is 15.0. The average Bonchev–Trinajstić information content (AvgIpc) is 2.80. The van der Waals surface area contributed by atoms with E-state index in [-0.39, 0.29) is 18.4 Å². The molecule has 0 spiro atoms. The molecule has 1 amide bonds. The quantitative estimate of drug-likeness (QED) is 0.766. The van der Waals surface area contributed by atoms with E-state index in [1.54, 1.807) is 4.90 Å². The van der Waals surface area contributed by atoms with Gasteiger partial charge in [0.25, 0.3) is 5.91 Å². The Morgan fingerprint density at radius 3 is 3.00 bits per heavy atom. The molecule has 2 atom stereocenters. The summed E-state index contributed by atoms with van der Waals surface area (Å²) in [6.07, 6.45) is 0.386. The Labute approximate surface area is 123 Å². The number of nitrogens with zero attached hydrogens (tertiary/aromatic N) is 1. The number of piperidine rings is 1. The highest BCUT2D eigenvalue weighted by molar-refractivity contribution is 7.14. The van der Waals surface area contributed by atoms with E-state index < -0.39 is 6.10 Å². The van der Waals surface area contributed by atoms with Crippen molar-refractivity contribution >= 4 is 17.2 Å². The largest absolute Gasteiger partial charge is 0.391 e. The predicted molar refractivity (Wildman–Crippen MR) is 78.7 cm³/mol. The predicted octanol–water partition coefficient (Wildman–Crippen LogP) is 1.24. The van der Waals surface area contributed by atoms with Crippen LogP contribution in [0, 0.1) is 24.7 Å². The third-order valence-corrected chi connectivity index (χ3v) is 4.76. The molecule has 108 valence electrons. The molecule has 1 aromatic rings. The molecular weight excluding hydrogens is 274 g/mol. The second kappa shape index (κ2) is 6.40. The normalized spacial score (nSPS) is 22.3. The Hall–Kier alpha value is -1.35. The second-order valence-corrected chi connectivity index (χ2v) is 6.22. The Morgan fingerprint density at radius 1 is 1.60 bits per heavy atom. The van der Waals surface area contributed by atoms with Crippen LogP contribution in [0.3, 0.4) is 0 Å². The van der Waals surface area contributed by atoms with E-state index in [0.29, 0.717) is 18.0 Å². The molecule has 2 unspecified atom stereocenters. The lowest BCUT2D eigenvalue weighted by Crippen LogP contribution is -2.45. The van der Waals surface area contributed by atoms with Gasteiger partial charge in [-0.2, -0.15) is 0 Å². The van der Waals surface area contributed by atoms with Gasteiger partial charge in [0.1, 0.15) is 6.61 Å². The molecule has 0 bridgehead atoms. The van der Waals surface area contributed by atoms with Crippen LogP contribution in [0.25, 0.3) is 0 Å². The number of hydrogen-bond acceptors (Lipinski definition) is 4. The monoisotopic (exact) mass is 293 g/mol. The van der Waals surface area contributed by atoms with Crippen LogP contribution in [0.2, 0.25) is 0 Å². The molecule has 0 aromatic carbocycles. The molecule has 20 heavy (non-hydrogen) atoms. The summed E-state index contributed by atoms with van der Waals surface area (Å²) >= 11 is 1.35. The Morgan fingerprint density at radius 2 is 2.35 bits per heavy atom. The number of β-amino-alcohol motifs (C(OH)–C–C–N with tert-alkyl or cyclic N) is 1. The van der Waals surface area contributed by atoms with Gasteiger partial charge in [-0.25, -0.2) is 0 Å². The lowest BCUT2D eigenvalue weighted by Gasteiger charge is -2.34. The van der Waals surface area contributed by atoms with E-state index in [0.717, 1.165) is 16.9 Å². The number of aliphatic hydroxyl groups excluding tert-OH is 2. The molecule has 1 aliphatic heterocycles. The highest BCUT2D eigenvalue weighted by atomic mass is 32.1. The summed E-state index contributed by atoms with van der Waals surface area (Å²) in [5, 5.41) is 18.6. The van der Waals surface area contributed by atoms with Crippen LogP contribution in [-0.4, -0.2) is 46.8 Å². The van der Waals surface area contributed by atoms with Crippen molar-refractivity contribution in [2.24, 2.45) is 5.92 Å². The van der Waals surface area contributed by atoms with Gasteiger partial charge < -0.3 is 15.1 Å². The minimum absolute atomic E-state index is 0.0406. The molecule has 2 N–H and O–H groups in total. The van der Waals surface area contributed by atoms with Gasteiger partial charge in [0.15, 0.2) is 0 Å². The number of aliphatic hydroxyl groups is 2. The number of carbonyl (C=O) groups excluding carboxylic acids is 1. The third kappa shape index (κ3) is 3.21. The summed E-state index contributed by atoms with van der Waals surface area (Å²) in [7, 11) is 0. The molecule has 2 rings (SSSR count). The molecule has 1 aliphatic rings. The lowest BCUT2D eigenvalue weighted by molar-refractivity contribution is 0.0251. The number of rotatable bonds is 1. The fourth-order valence-corrected chi connectivity index (χ4v) is 3.24. The van der Waals surface area contributed by atoms with E-state index in [4.69, 9.17) is 5.11 Å². The number of aryl methyl sites for hydroxylation is 1. The van der Waals surface area contributed by atoms with Crippen molar-refractivity contribution in [2.45, 2.75) is 26.4 Å². The highest BCUT2D eigenvalue weighted by Crippen LogP contribution is 2.25. The molecule has 2 heterocycles. The molecule has 1 saturated heterocycles. The van der Waals surface area contributed by atoms with Gasteiger partial charge in [0.2, 0.25) is 0 Å². The Bertz CT molecular complexity index is 555. The fourth-order valence-electron chi connectivity index (χ4n) is 2.22. The maximum atomic E-state index is 12.4. The summed E-state index contributed by atoms with van der Waals surface area (Å²) in [4.78, 5) is 15.6. The lowest BCUT2D eigenvalue weighted by atomic mass is 9.96. The number of carbonyl (C=O) groups is 1. The van der Waals surface area contributed by atoms with Crippen molar-refractivity contribution in [3.63, 3.8) is 0 Å². The van der Waals surface area contributed by atoms with Crippen LogP contribution in [-0.2, 0) is 0 Å². The van der Waals surface area contributed by atoms with Crippen LogP contribution in [0.15, 0.2) is 6.07 Å². The molecule has 0 aliphatic carbocycles. The van der Waals surface area contributed by atoms with Gasteiger partial charge in [-0.1, -0.05) is 18.8 Å². The highest BCUT2D eigenvalue weighted by Gasteiger charge is 2.28. The van der Waals surface area contributed by atoms with Crippen LogP contribution in [0.5, 0.6) is 0 Å². The van der Waals surface area contributed by atoms with Gasteiger partial charge in [0, 0.05) is 13.1 Å². The fraction of sp³-hybridized carbons (Fsp3) is 0.533. The van der Waals surface area contributed by atoms with Crippen molar-refractivity contribution in [1.82, 2.24) is 4.90 Å². The van der Waals surface area contributed by atoms with Crippen molar-refractivity contribution in [1.29, 1.82) is 0 Å². The van der Waals surface area contributed by atoms with E-state index in [2.05, 4.69) is 11.8 Å². The standard InChI is InChI=1S/C15H19NO3S/c1-10-5-6-16(9-12(10)18)15(19)14-8-11(2)13(20-14)4-3-7-17/h8,10,12,17-18H,5-7,9H2,1-2H3. The van der Waals surface area contributed by atoms with Crippen LogP contribution >= 0.6 is 11.3 Å². The van der Waals surface area contributed by atoms with Crippen LogP contribution in [0.4, 0.5) is 0 Å².